The van der Waals surface area contributed by atoms with E-state index in [0.717, 1.165) is 36.3 Å². The molecule has 1 aliphatic heterocycles. The van der Waals surface area contributed by atoms with Gasteiger partial charge in [-0.25, -0.2) is 18.7 Å². The molecule has 1 aromatic heterocycles. The summed E-state index contributed by atoms with van der Waals surface area (Å²) in [6, 6.07) is 10.2. The first-order valence-corrected chi connectivity index (χ1v) is 12.1. The number of benzene rings is 2. The maximum absolute atomic E-state index is 14.0. The molecule has 2 aromatic carbocycles. The number of aromatic nitrogens is 2. The van der Waals surface area contributed by atoms with E-state index >= 15 is 0 Å². The summed E-state index contributed by atoms with van der Waals surface area (Å²) in [5.74, 6) is -0.685. The van der Waals surface area contributed by atoms with E-state index in [-0.39, 0.29) is 23.8 Å². The van der Waals surface area contributed by atoms with Crippen molar-refractivity contribution >= 4 is 12.0 Å². The molecule has 3 aromatic rings. The van der Waals surface area contributed by atoms with Crippen LogP contribution in [-0.4, -0.2) is 33.9 Å². The van der Waals surface area contributed by atoms with Crippen LogP contribution < -0.4 is 0 Å². The number of likely N-dealkylation sites (tertiary alicyclic amines) is 1. The Morgan fingerprint density at radius 3 is 2.37 bits per heavy atom. The lowest BCUT2D eigenvalue weighted by atomic mass is 9.90. The molecule has 1 saturated heterocycles. The van der Waals surface area contributed by atoms with Crippen molar-refractivity contribution in [2.75, 3.05) is 13.1 Å². The van der Waals surface area contributed by atoms with E-state index in [1.54, 1.807) is 4.90 Å². The molecule has 0 N–H and O–H groups in total. The summed E-state index contributed by atoms with van der Waals surface area (Å²) >= 11 is 0. The molecule has 2 heterocycles. The molecule has 182 valence electrons. The number of allylic oxidation sites excluding steroid dienone is 1. The van der Waals surface area contributed by atoms with Crippen LogP contribution in [0.5, 0.6) is 0 Å². The highest BCUT2D eigenvalue weighted by atomic mass is 19.1. The summed E-state index contributed by atoms with van der Waals surface area (Å²) < 4.78 is 27.9. The van der Waals surface area contributed by atoms with Gasteiger partial charge in [0.15, 0.2) is 0 Å². The Labute approximate surface area is 205 Å². The van der Waals surface area contributed by atoms with E-state index in [2.05, 4.69) is 49.2 Å². The first-order chi connectivity index (χ1) is 16.8. The predicted molar refractivity (Wildman–Crippen MR) is 134 cm³/mol. The molecule has 0 aliphatic carbocycles. The van der Waals surface area contributed by atoms with E-state index in [1.807, 2.05) is 13.1 Å². The lowest BCUT2D eigenvalue weighted by Crippen LogP contribution is -2.39. The van der Waals surface area contributed by atoms with Crippen LogP contribution >= 0.6 is 0 Å². The average molecular weight is 476 g/mol. The number of nitrogens with zero attached hydrogens (tertiary/aromatic N) is 3. The standard InChI is InChI=1S/C29H31F2N3O/c1-19-14-20(2)16-22(15-19)6-4-7-24-18-32-21(3)33-29(24)23-10-12-34(13-11-23)28(35)17-25-26(30)8-5-9-27(25)31/h4-5,7-9,14-16,18,23H,6,10-13,17H2,1-3H3. The van der Waals surface area contributed by atoms with E-state index in [1.165, 1.54) is 34.9 Å². The van der Waals surface area contributed by atoms with Gasteiger partial charge in [-0.15, -0.1) is 0 Å². The van der Waals surface area contributed by atoms with Gasteiger partial charge in [0.05, 0.1) is 12.1 Å². The summed E-state index contributed by atoms with van der Waals surface area (Å²) in [7, 11) is 0. The quantitative estimate of drug-likeness (QED) is 0.447. The number of carbonyl (C=O) groups is 1. The van der Waals surface area contributed by atoms with Crippen molar-refractivity contribution < 1.29 is 13.6 Å². The smallest absolute Gasteiger partial charge is 0.227 e. The lowest BCUT2D eigenvalue weighted by Gasteiger charge is -2.32. The van der Waals surface area contributed by atoms with Crippen molar-refractivity contribution in [3.05, 3.63) is 99.6 Å². The molecule has 0 saturated carbocycles. The minimum atomic E-state index is -0.679. The lowest BCUT2D eigenvalue weighted by molar-refractivity contribution is -0.131. The summed E-state index contributed by atoms with van der Waals surface area (Å²) in [6.45, 7) is 7.17. The fraction of sp³-hybridized carbons (Fsp3) is 0.345. The zero-order chi connectivity index (χ0) is 24.9. The number of aryl methyl sites for hydroxylation is 3. The highest BCUT2D eigenvalue weighted by molar-refractivity contribution is 5.79. The molecule has 35 heavy (non-hydrogen) atoms. The number of hydrogen-bond acceptors (Lipinski definition) is 3. The number of halogens is 2. The van der Waals surface area contributed by atoms with Crippen molar-refractivity contribution in [3.8, 4) is 0 Å². The first-order valence-electron chi connectivity index (χ1n) is 12.1. The molecule has 4 rings (SSSR count). The monoisotopic (exact) mass is 475 g/mol. The van der Waals surface area contributed by atoms with Gasteiger partial charge in [-0.2, -0.15) is 0 Å². The van der Waals surface area contributed by atoms with Crippen molar-refractivity contribution in [3.63, 3.8) is 0 Å². The molecule has 1 fully saturated rings. The number of hydrogen-bond donors (Lipinski definition) is 0. The maximum atomic E-state index is 14.0. The van der Waals surface area contributed by atoms with Crippen molar-refractivity contribution in [2.24, 2.45) is 0 Å². The summed E-state index contributed by atoms with van der Waals surface area (Å²) in [5.41, 5.74) is 5.62. The molecule has 1 amide bonds. The van der Waals surface area contributed by atoms with Crippen molar-refractivity contribution in [2.45, 2.75) is 52.4 Å². The zero-order valence-corrected chi connectivity index (χ0v) is 20.5. The van der Waals surface area contributed by atoms with Gasteiger partial charge >= 0.3 is 0 Å². The molecule has 0 radical (unpaired) electrons. The van der Waals surface area contributed by atoms with Gasteiger partial charge in [-0.05, 0) is 57.7 Å². The number of piperidine rings is 1. The summed E-state index contributed by atoms with van der Waals surface area (Å²) in [5, 5.41) is 0. The van der Waals surface area contributed by atoms with E-state index in [0.29, 0.717) is 13.1 Å². The minimum Gasteiger partial charge on any atom is -0.342 e. The molecular formula is C29H31F2N3O. The molecule has 1 aliphatic rings. The average Bonchev–Trinajstić information content (AvgIpc) is 2.82. The van der Waals surface area contributed by atoms with E-state index in [4.69, 9.17) is 4.98 Å². The largest absolute Gasteiger partial charge is 0.342 e. The number of rotatable bonds is 6. The van der Waals surface area contributed by atoms with E-state index < -0.39 is 11.6 Å². The summed E-state index contributed by atoms with van der Waals surface area (Å²) in [6.07, 6.45) is 8.17. The predicted octanol–water partition coefficient (Wildman–Crippen LogP) is 5.88. The third-order valence-corrected chi connectivity index (χ3v) is 6.52. The fourth-order valence-electron chi connectivity index (χ4n) is 4.83. The van der Waals surface area contributed by atoms with Gasteiger partial charge in [-0.1, -0.05) is 47.5 Å². The van der Waals surface area contributed by atoms with Gasteiger partial charge in [0.1, 0.15) is 17.5 Å². The van der Waals surface area contributed by atoms with Gasteiger partial charge in [0.25, 0.3) is 0 Å². The van der Waals surface area contributed by atoms with Crippen LogP contribution in [0.1, 0.15) is 58.1 Å². The third-order valence-electron chi connectivity index (χ3n) is 6.52. The Balaban J connectivity index is 1.42. The Morgan fingerprint density at radius 2 is 1.71 bits per heavy atom. The minimum absolute atomic E-state index is 0.165. The van der Waals surface area contributed by atoms with Crippen molar-refractivity contribution in [1.29, 1.82) is 0 Å². The van der Waals surface area contributed by atoms with Crippen LogP contribution in [-0.2, 0) is 17.6 Å². The second-order valence-corrected chi connectivity index (χ2v) is 9.39. The first kappa shape index (κ1) is 24.7. The SMILES string of the molecule is Cc1cc(C)cc(CC=Cc2cnc(C)nc2C2CCN(C(=O)Cc3c(F)cccc3F)CC2)c1. The summed E-state index contributed by atoms with van der Waals surface area (Å²) in [4.78, 5) is 23.6. The van der Waals surface area contributed by atoms with Crippen LogP contribution in [0.4, 0.5) is 8.78 Å². The van der Waals surface area contributed by atoms with Crippen LogP contribution in [0, 0.1) is 32.4 Å². The molecule has 0 atom stereocenters. The second-order valence-electron chi connectivity index (χ2n) is 9.39. The maximum Gasteiger partial charge on any atom is 0.227 e. The Morgan fingerprint density at radius 1 is 1.06 bits per heavy atom. The van der Waals surface area contributed by atoms with Crippen LogP contribution in [0.15, 0.2) is 48.7 Å². The molecule has 0 unspecified atom stereocenters. The molecule has 4 nitrogen and oxygen atoms in total. The van der Waals surface area contributed by atoms with Crippen LogP contribution in [0.3, 0.4) is 0 Å². The Kier molecular flexibility index (Phi) is 7.69. The van der Waals surface area contributed by atoms with Gasteiger partial charge in [0, 0.05) is 36.3 Å². The van der Waals surface area contributed by atoms with Gasteiger partial charge in [0.2, 0.25) is 5.91 Å². The Bertz CT molecular complexity index is 1210. The fourth-order valence-corrected chi connectivity index (χ4v) is 4.83. The molecule has 0 spiro atoms. The molecule has 0 bridgehead atoms. The van der Waals surface area contributed by atoms with Crippen LogP contribution in [0.25, 0.3) is 6.08 Å². The topological polar surface area (TPSA) is 46.1 Å². The van der Waals surface area contributed by atoms with Crippen LogP contribution in [0.2, 0.25) is 0 Å². The highest BCUT2D eigenvalue weighted by Crippen LogP contribution is 2.30. The Hall–Kier alpha value is -3.41. The molecular weight excluding hydrogens is 444 g/mol. The van der Waals surface area contributed by atoms with E-state index in [9.17, 15) is 13.6 Å². The number of amides is 1. The second kappa shape index (κ2) is 10.9. The van der Waals surface area contributed by atoms with Gasteiger partial charge < -0.3 is 4.90 Å². The molecule has 6 heteroatoms. The highest BCUT2D eigenvalue weighted by Gasteiger charge is 2.27. The normalized spacial score (nSPS) is 14.6. The van der Waals surface area contributed by atoms with Crippen molar-refractivity contribution in [1.82, 2.24) is 14.9 Å². The van der Waals surface area contributed by atoms with Gasteiger partial charge in [-0.3, -0.25) is 4.79 Å². The third kappa shape index (κ3) is 6.18. The zero-order valence-electron chi connectivity index (χ0n) is 20.5. The number of carbonyl (C=O) groups excluding carboxylic acids is 1.